The van der Waals surface area contributed by atoms with Gasteiger partial charge in [-0.05, 0) is 31.4 Å². The molecule has 1 aromatic heterocycles. The van der Waals surface area contributed by atoms with Crippen LogP contribution in [0.4, 0.5) is 0 Å². The van der Waals surface area contributed by atoms with Gasteiger partial charge in [0.15, 0.2) is 5.76 Å². The van der Waals surface area contributed by atoms with Gasteiger partial charge in [0.05, 0.1) is 12.0 Å². The van der Waals surface area contributed by atoms with Crippen molar-refractivity contribution in [3.63, 3.8) is 0 Å². The molecule has 0 radical (unpaired) electrons. The molecular weight excluding hydrogens is 370 g/mol. The minimum absolute atomic E-state index is 0.0765. The Bertz CT molecular complexity index is 746. The third-order valence-corrected chi connectivity index (χ3v) is 7.35. The van der Waals surface area contributed by atoms with Gasteiger partial charge in [-0.2, -0.15) is 0 Å². The summed E-state index contributed by atoms with van der Waals surface area (Å²) in [5, 5.41) is 0. The first-order valence-electron chi connectivity index (χ1n) is 9.51. The number of furan rings is 1. The SMILES string of the molecule is CCCS(=O)(=O)N1CCC(C(=O)N2CCN(C(=O)c3ccco3)CC2)CC1. The summed E-state index contributed by atoms with van der Waals surface area (Å²) >= 11 is 0. The van der Waals surface area contributed by atoms with Crippen molar-refractivity contribution in [2.24, 2.45) is 5.92 Å². The summed E-state index contributed by atoms with van der Waals surface area (Å²) in [6.45, 7) is 4.64. The maximum absolute atomic E-state index is 12.8. The Morgan fingerprint density at radius 1 is 1.07 bits per heavy atom. The van der Waals surface area contributed by atoms with Crippen LogP contribution in [0, 0.1) is 5.92 Å². The molecule has 0 N–H and O–H groups in total. The number of carbonyl (C=O) groups is 2. The number of hydrogen-bond donors (Lipinski definition) is 0. The van der Waals surface area contributed by atoms with Crippen molar-refractivity contribution < 1.29 is 22.4 Å². The molecule has 2 saturated heterocycles. The molecular formula is C18H27N3O5S. The van der Waals surface area contributed by atoms with Crippen molar-refractivity contribution in [2.75, 3.05) is 45.0 Å². The highest BCUT2D eigenvalue weighted by atomic mass is 32.2. The van der Waals surface area contributed by atoms with Crippen LogP contribution >= 0.6 is 0 Å². The predicted molar refractivity (Wildman–Crippen MR) is 99.6 cm³/mol. The van der Waals surface area contributed by atoms with Crippen LogP contribution in [0.25, 0.3) is 0 Å². The molecule has 3 heterocycles. The molecule has 3 rings (SSSR count). The van der Waals surface area contributed by atoms with Gasteiger partial charge in [-0.15, -0.1) is 0 Å². The highest BCUT2D eigenvalue weighted by Gasteiger charge is 2.34. The average Bonchev–Trinajstić information content (AvgIpc) is 3.22. The number of sulfonamides is 1. The lowest BCUT2D eigenvalue weighted by Gasteiger charge is -2.38. The molecule has 2 aliphatic heterocycles. The van der Waals surface area contributed by atoms with E-state index in [4.69, 9.17) is 4.42 Å². The Morgan fingerprint density at radius 3 is 2.26 bits per heavy atom. The van der Waals surface area contributed by atoms with Crippen molar-refractivity contribution in [1.82, 2.24) is 14.1 Å². The lowest BCUT2D eigenvalue weighted by molar-refractivity contribution is -0.138. The summed E-state index contributed by atoms with van der Waals surface area (Å²) < 4.78 is 31.0. The van der Waals surface area contributed by atoms with Gasteiger partial charge >= 0.3 is 0 Å². The van der Waals surface area contributed by atoms with Crippen LogP contribution in [0.2, 0.25) is 0 Å². The number of nitrogens with zero attached hydrogens (tertiary/aromatic N) is 3. The Hall–Kier alpha value is -1.87. The van der Waals surface area contributed by atoms with Crippen molar-refractivity contribution >= 4 is 21.8 Å². The lowest BCUT2D eigenvalue weighted by atomic mass is 9.96. The summed E-state index contributed by atoms with van der Waals surface area (Å²) in [7, 11) is -3.19. The minimum atomic E-state index is -3.19. The van der Waals surface area contributed by atoms with Crippen molar-refractivity contribution in [2.45, 2.75) is 26.2 Å². The summed E-state index contributed by atoms with van der Waals surface area (Å²) in [6, 6.07) is 3.32. The summed E-state index contributed by atoms with van der Waals surface area (Å²) in [6.07, 6.45) is 3.20. The van der Waals surface area contributed by atoms with Gasteiger partial charge < -0.3 is 14.2 Å². The molecule has 0 saturated carbocycles. The monoisotopic (exact) mass is 397 g/mol. The first-order valence-corrected chi connectivity index (χ1v) is 11.1. The van der Waals surface area contributed by atoms with Gasteiger partial charge in [-0.1, -0.05) is 6.92 Å². The topological polar surface area (TPSA) is 91.1 Å². The maximum atomic E-state index is 12.8. The standard InChI is InChI=1S/C18H27N3O5S/c1-2-14-27(24,25)21-7-5-15(6-8-21)17(22)19-9-11-20(12-10-19)18(23)16-4-3-13-26-16/h3-4,13,15H,2,5-12,14H2,1H3. The fourth-order valence-electron chi connectivity index (χ4n) is 3.71. The number of rotatable bonds is 5. The van der Waals surface area contributed by atoms with E-state index < -0.39 is 10.0 Å². The Labute approximate surface area is 160 Å². The third-order valence-electron chi connectivity index (χ3n) is 5.27. The van der Waals surface area contributed by atoms with Gasteiger partial charge in [0.25, 0.3) is 5.91 Å². The highest BCUT2D eigenvalue weighted by molar-refractivity contribution is 7.89. The molecule has 2 aliphatic rings. The molecule has 0 spiro atoms. The molecule has 0 unspecified atom stereocenters. The van der Waals surface area contributed by atoms with E-state index >= 15 is 0 Å². The fraction of sp³-hybridized carbons (Fsp3) is 0.667. The second-order valence-corrected chi connectivity index (χ2v) is 9.17. The van der Waals surface area contributed by atoms with E-state index in [2.05, 4.69) is 0 Å². The van der Waals surface area contributed by atoms with Crippen LogP contribution < -0.4 is 0 Å². The van der Waals surface area contributed by atoms with Crippen LogP contribution in [0.5, 0.6) is 0 Å². The van der Waals surface area contributed by atoms with E-state index in [0.717, 1.165) is 0 Å². The Kier molecular flexibility index (Phi) is 6.21. The molecule has 8 nitrogen and oxygen atoms in total. The van der Waals surface area contributed by atoms with E-state index in [-0.39, 0.29) is 23.5 Å². The molecule has 0 aromatic carbocycles. The van der Waals surface area contributed by atoms with E-state index in [1.54, 1.807) is 21.9 Å². The number of amides is 2. The van der Waals surface area contributed by atoms with Crippen LogP contribution in [0.15, 0.2) is 22.8 Å². The number of piperazine rings is 1. The number of carbonyl (C=O) groups excluding carboxylic acids is 2. The summed E-state index contributed by atoms with van der Waals surface area (Å²) in [5.41, 5.74) is 0. The zero-order chi connectivity index (χ0) is 19.4. The van der Waals surface area contributed by atoms with Crippen LogP contribution in [0.1, 0.15) is 36.7 Å². The maximum Gasteiger partial charge on any atom is 0.289 e. The quantitative estimate of drug-likeness (QED) is 0.740. The van der Waals surface area contributed by atoms with E-state index in [0.29, 0.717) is 64.3 Å². The van der Waals surface area contributed by atoms with Gasteiger partial charge in [0.2, 0.25) is 15.9 Å². The van der Waals surface area contributed by atoms with Crippen molar-refractivity contribution in [3.05, 3.63) is 24.2 Å². The molecule has 2 amide bonds. The Morgan fingerprint density at radius 2 is 1.70 bits per heavy atom. The van der Waals surface area contributed by atoms with E-state index in [9.17, 15) is 18.0 Å². The van der Waals surface area contributed by atoms with Crippen LogP contribution in [-0.2, 0) is 14.8 Å². The molecule has 2 fully saturated rings. The smallest absolute Gasteiger partial charge is 0.289 e. The average molecular weight is 397 g/mol. The summed E-state index contributed by atoms with van der Waals surface area (Å²) in [4.78, 5) is 28.6. The summed E-state index contributed by atoms with van der Waals surface area (Å²) in [5.74, 6) is 0.270. The molecule has 27 heavy (non-hydrogen) atoms. The molecule has 150 valence electrons. The largest absolute Gasteiger partial charge is 0.459 e. The molecule has 9 heteroatoms. The highest BCUT2D eigenvalue weighted by Crippen LogP contribution is 2.23. The normalized spacial score (nSPS) is 20.0. The fourth-order valence-corrected chi connectivity index (χ4v) is 5.25. The van der Waals surface area contributed by atoms with Gasteiger partial charge in [-0.3, -0.25) is 9.59 Å². The minimum Gasteiger partial charge on any atom is -0.459 e. The van der Waals surface area contributed by atoms with Gasteiger partial charge in [0, 0.05) is 45.2 Å². The van der Waals surface area contributed by atoms with E-state index in [1.807, 2.05) is 6.92 Å². The first kappa shape index (κ1) is 19.9. The Balaban J connectivity index is 1.48. The number of piperidine rings is 1. The second kappa shape index (κ2) is 8.43. The molecule has 0 aliphatic carbocycles. The van der Waals surface area contributed by atoms with Crippen LogP contribution in [-0.4, -0.2) is 79.4 Å². The van der Waals surface area contributed by atoms with Gasteiger partial charge in [-0.25, -0.2) is 12.7 Å². The molecule has 1 aromatic rings. The predicted octanol–water partition coefficient (Wildman–Crippen LogP) is 1.02. The zero-order valence-corrected chi connectivity index (χ0v) is 16.5. The van der Waals surface area contributed by atoms with Crippen LogP contribution in [0.3, 0.4) is 0 Å². The molecule has 0 atom stereocenters. The first-order chi connectivity index (χ1) is 12.9. The zero-order valence-electron chi connectivity index (χ0n) is 15.7. The second-order valence-electron chi connectivity index (χ2n) is 7.08. The van der Waals surface area contributed by atoms with Gasteiger partial charge in [0.1, 0.15) is 0 Å². The molecule has 0 bridgehead atoms. The van der Waals surface area contributed by atoms with Crippen molar-refractivity contribution in [1.29, 1.82) is 0 Å². The van der Waals surface area contributed by atoms with Crippen molar-refractivity contribution in [3.8, 4) is 0 Å². The van der Waals surface area contributed by atoms with E-state index in [1.165, 1.54) is 10.6 Å². The third kappa shape index (κ3) is 4.52. The number of hydrogen-bond acceptors (Lipinski definition) is 5. The lowest BCUT2D eigenvalue weighted by Crippen LogP contribution is -2.53.